The lowest BCUT2D eigenvalue weighted by atomic mass is 10.0. The van der Waals surface area contributed by atoms with Crippen molar-refractivity contribution in [2.75, 3.05) is 11.1 Å². The number of amides is 2. The van der Waals surface area contributed by atoms with Crippen LogP contribution in [0.4, 0.5) is 5.69 Å². The van der Waals surface area contributed by atoms with Gasteiger partial charge < -0.3 is 10.6 Å². The third kappa shape index (κ3) is 4.17. The highest BCUT2D eigenvalue weighted by molar-refractivity contribution is 7.99. The monoisotopic (exact) mass is 340 g/mol. The van der Waals surface area contributed by atoms with Crippen LogP contribution >= 0.6 is 11.8 Å². The van der Waals surface area contributed by atoms with Gasteiger partial charge >= 0.3 is 0 Å². The summed E-state index contributed by atoms with van der Waals surface area (Å²) in [6, 6.07) is 15.7. The van der Waals surface area contributed by atoms with E-state index < -0.39 is 0 Å². The zero-order chi connectivity index (χ0) is 16.9. The zero-order valence-electron chi connectivity index (χ0n) is 13.5. The average molecular weight is 340 g/mol. The van der Waals surface area contributed by atoms with Gasteiger partial charge in [0.05, 0.1) is 12.5 Å². The highest BCUT2D eigenvalue weighted by Crippen LogP contribution is 2.35. The van der Waals surface area contributed by atoms with Crippen molar-refractivity contribution in [1.29, 1.82) is 0 Å². The van der Waals surface area contributed by atoms with Gasteiger partial charge in [-0.15, -0.1) is 11.8 Å². The molecular weight excluding hydrogens is 320 g/mol. The first-order valence-corrected chi connectivity index (χ1v) is 8.98. The Morgan fingerprint density at radius 2 is 1.88 bits per heavy atom. The molecule has 124 valence electrons. The number of carbonyl (C=O) groups is 2. The van der Waals surface area contributed by atoms with Crippen molar-refractivity contribution >= 4 is 29.3 Å². The van der Waals surface area contributed by atoms with Crippen LogP contribution in [0.25, 0.3) is 0 Å². The summed E-state index contributed by atoms with van der Waals surface area (Å²) in [5.74, 6) is 0.941. The van der Waals surface area contributed by atoms with Crippen LogP contribution in [-0.4, -0.2) is 17.6 Å². The molecule has 0 fully saturated rings. The van der Waals surface area contributed by atoms with Crippen LogP contribution in [0.1, 0.15) is 30.5 Å². The lowest BCUT2D eigenvalue weighted by Gasteiger charge is -2.25. The van der Waals surface area contributed by atoms with Gasteiger partial charge in [-0.1, -0.05) is 30.3 Å². The second kappa shape index (κ2) is 7.53. The second-order valence-corrected chi connectivity index (χ2v) is 6.99. The summed E-state index contributed by atoms with van der Waals surface area (Å²) in [6.45, 7) is 1.47. The molecule has 0 aliphatic carbocycles. The summed E-state index contributed by atoms with van der Waals surface area (Å²) in [6.07, 6.45) is 1.29. The van der Waals surface area contributed by atoms with E-state index in [0.717, 1.165) is 23.4 Å². The number of fused-ring (bicyclic) bond motifs is 1. The second-order valence-electron chi connectivity index (χ2n) is 5.85. The predicted molar refractivity (Wildman–Crippen MR) is 97.1 cm³/mol. The summed E-state index contributed by atoms with van der Waals surface area (Å²) in [4.78, 5) is 24.6. The SMILES string of the molecule is CC(=O)Nc1ccc(CC(=O)N[C@@H]2CCSc3ccccc32)cc1. The molecule has 0 aromatic heterocycles. The maximum atomic E-state index is 12.4. The molecule has 0 unspecified atom stereocenters. The first-order chi connectivity index (χ1) is 11.6. The van der Waals surface area contributed by atoms with Gasteiger partial charge in [0, 0.05) is 23.3 Å². The lowest BCUT2D eigenvalue weighted by Crippen LogP contribution is -2.31. The number of hydrogen-bond acceptors (Lipinski definition) is 3. The van der Waals surface area contributed by atoms with Crippen molar-refractivity contribution in [3.05, 3.63) is 59.7 Å². The van der Waals surface area contributed by atoms with Crippen molar-refractivity contribution in [3.8, 4) is 0 Å². The van der Waals surface area contributed by atoms with Crippen molar-refractivity contribution < 1.29 is 9.59 Å². The van der Waals surface area contributed by atoms with E-state index in [4.69, 9.17) is 0 Å². The fraction of sp³-hybridized carbons (Fsp3) is 0.263. The van der Waals surface area contributed by atoms with Crippen LogP contribution in [0.3, 0.4) is 0 Å². The number of anilines is 1. The van der Waals surface area contributed by atoms with Gasteiger partial charge in [0.15, 0.2) is 0 Å². The molecule has 4 nitrogen and oxygen atoms in total. The number of benzene rings is 2. The van der Waals surface area contributed by atoms with E-state index in [1.807, 2.05) is 48.2 Å². The zero-order valence-corrected chi connectivity index (χ0v) is 14.4. The summed E-state index contributed by atoms with van der Waals surface area (Å²) in [5.41, 5.74) is 2.88. The molecule has 0 saturated carbocycles. The standard InChI is InChI=1S/C19H20N2O2S/c1-13(22)20-15-8-6-14(7-9-15)12-19(23)21-17-10-11-24-18-5-3-2-4-16(17)18/h2-9,17H,10-12H2,1H3,(H,20,22)(H,21,23)/t17-/m1/s1. The molecule has 0 saturated heterocycles. The summed E-state index contributed by atoms with van der Waals surface area (Å²) in [5, 5.41) is 5.87. The molecule has 3 rings (SSSR count). The Hall–Kier alpha value is -2.27. The van der Waals surface area contributed by atoms with E-state index in [2.05, 4.69) is 22.8 Å². The minimum Gasteiger partial charge on any atom is -0.349 e. The van der Waals surface area contributed by atoms with E-state index >= 15 is 0 Å². The Labute approximate surface area is 146 Å². The molecule has 2 aromatic carbocycles. The first kappa shape index (κ1) is 16.6. The lowest BCUT2D eigenvalue weighted by molar-refractivity contribution is -0.121. The number of carbonyl (C=O) groups excluding carboxylic acids is 2. The van der Waals surface area contributed by atoms with Crippen molar-refractivity contribution in [1.82, 2.24) is 5.32 Å². The fourth-order valence-electron chi connectivity index (χ4n) is 2.83. The molecule has 1 aliphatic heterocycles. The normalized spacial score (nSPS) is 16.1. The third-order valence-corrected chi connectivity index (χ3v) is 5.06. The van der Waals surface area contributed by atoms with Gasteiger partial charge in [0.2, 0.25) is 11.8 Å². The Morgan fingerprint density at radius 1 is 1.12 bits per heavy atom. The molecule has 24 heavy (non-hydrogen) atoms. The highest BCUT2D eigenvalue weighted by Gasteiger charge is 2.21. The van der Waals surface area contributed by atoms with Crippen molar-refractivity contribution in [2.24, 2.45) is 0 Å². The molecule has 0 bridgehead atoms. The van der Waals surface area contributed by atoms with Gasteiger partial charge in [-0.3, -0.25) is 9.59 Å². The molecule has 1 aliphatic rings. The van der Waals surface area contributed by atoms with Crippen LogP contribution in [0.15, 0.2) is 53.4 Å². The average Bonchev–Trinajstić information content (AvgIpc) is 2.56. The summed E-state index contributed by atoms with van der Waals surface area (Å²) >= 11 is 1.84. The molecule has 5 heteroatoms. The topological polar surface area (TPSA) is 58.2 Å². The first-order valence-electron chi connectivity index (χ1n) is 7.99. The molecule has 2 aromatic rings. The molecule has 0 radical (unpaired) electrons. The fourth-order valence-corrected chi connectivity index (χ4v) is 3.96. The van der Waals surface area contributed by atoms with E-state index in [1.54, 1.807) is 0 Å². The van der Waals surface area contributed by atoms with Crippen LogP contribution in [0.5, 0.6) is 0 Å². The maximum Gasteiger partial charge on any atom is 0.224 e. The molecular formula is C19H20N2O2S. The Kier molecular flexibility index (Phi) is 5.20. The van der Waals surface area contributed by atoms with Crippen LogP contribution in [-0.2, 0) is 16.0 Å². The molecule has 2 N–H and O–H groups in total. The molecule has 1 heterocycles. The van der Waals surface area contributed by atoms with E-state index in [0.29, 0.717) is 6.42 Å². The molecule has 1 atom stereocenters. The summed E-state index contributed by atoms with van der Waals surface area (Å²) < 4.78 is 0. The Balaban J connectivity index is 1.61. The number of thioether (sulfide) groups is 1. The summed E-state index contributed by atoms with van der Waals surface area (Å²) in [7, 11) is 0. The molecule has 0 spiro atoms. The Bertz CT molecular complexity index is 743. The van der Waals surface area contributed by atoms with Gasteiger partial charge in [-0.25, -0.2) is 0 Å². The van der Waals surface area contributed by atoms with Gasteiger partial charge in [0.1, 0.15) is 0 Å². The van der Waals surface area contributed by atoms with Crippen LogP contribution in [0, 0.1) is 0 Å². The maximum absolute atomic E-state index is 12.4. The largest absolute Gasteiger partial charge is 0.349 e. The predicted octanol–water partition coefficient (Wildman–Crippen LogP) is 3.54. The smallest absolute Gasteiger partial charge is 0.224 e. The van der Waals surface area contributed by atoms with E-state index in [-0.39, 0.29) is 17.9 Å². The van der Waals surface area contributed by atoms with Gasteiger partial charge in [-0.05, 0) is 35.7 Å². The van der Waals surface area contributed by atoms with Gasteiger partial charge in [0.25, 0.3) is 0 Å². The van der Waals surface area contributed by atoms with Gasteiger partial charge in [-0.2, -0.15) is 0 Å². The third-order valence-electron chi connectivity index (χ3n) is 3.93. The number of nitrogens with one attached hydrogen (secondary N) is 2. The van der Waals surface area contributed by atoms with E-state index in [1.165, 1.54) is 17.4 Å². The minimum atomic E-state index is -0.102. The van der Waals surface area contributed by atoms with E-state index in [9.17, 15) is 9.59 Å². The quantitative estimate of drug-likeness (QED) is 0.895. The minimum absolute atomic E-state index is 0.0222. The number of rotatable bonds is 4. The molecule has 2 amide bonds. The number of hydrogen-bond donors (Lipinski definition) is 2. The van der Waals surface area contributed by atoms with Crippen molar-refractivity contribution in [3.63, 3.8) is 0 Å². The van der Waals surface area contributed by atoms with Crippen LogP contribution in [0.2, 0.25) is 0 Å². The highest BCUT2D eigenvalue weighted by atomic mass is 32.2. The van der Waals surface area contributed by atoms with Crippen molar-refractivity contribution in [2.45, 2.75) is 30.7 Å². The van der Waals surface area contributed by atoms with Crippen LogP contribution < -0.4 is 10.6 Å². The Morgan fingerprint density at radius 3 is 2.62 bits per heavy atom.